The summed E-state index contributed by atoms with van der Waals surface area (Å²) in [5, 5.41) is 22.6. The van der Waals surface area contributed by atoms with Gasteiger partial charge in [-0.1, -0.05) is 51.7 Å². The third-order valence-corrected chi connectivity index (χ3v) is 12.1. The molecule has 5 atom stereocenters. The van der Waals surface area contributed by atoms with E-state index >= 15 is 0 Å². The zero-order chi connectivity index (χ0) is 29.4. The molecular formula is C32H46N2O6S. The van der Waals surface area contributed by atoms with Gasteiger partial charge in [-0.05, 0) is 67.9 Å². The highest BCUT2D eigenvalue weighted by atomic mass is 32.2. The smallest absolute Gasteiger partial charge is 0.330 e. The molecule has 5 aliphatic rings. The number of nitrogens with one attached hydrogen (secondary N) is 1. The Kier molecular flexibility index (Phi) is 8.84. The predicted octanol–water partition coefficient (Wildman–Crippen LogP) is 5.36. The molecule has 1 saturated heterocycles. The second-order valence-corrected chi connectivity index (χ2v) is 14.6. The van der Waals surface area contributed by atoms with Gasteiger partial charge in [-0.15, -0.1) is 0 Å². The van der Waals surface area contributed by atoms with Crippen molar-refractivity contribution in [2.75, 3.05) is 18.1 Å². The van der Waals surface area contributed by atoms with Crippen molar-refractivity contribution in [3.63, 3.8) is 0 Å². The molecule has 8 nitrogen and oxygen atoms in total. The lowest BCUT2D eigenvalue weighted by molar-refractivity contribution is -0.166. The van der Waals surface area contributed by atoms with E-state index in [1.54, 1.807) is 22.7 Å². The maximum absolute atomic E-state index is 14.2. The highest BCUT2D eigenvalue weighted by Gasteiger charge is 2.63. The average Bonchev–Trinajstić information content (AvgIpc) is 3.21. The van der Waals surface area contributed by atoms with Crippen LogP contribution in [-0.2, 0) is 19.1 Å². The van der Waals surface area contributed by atoms with Gasteiger partial charge in [0.25, 0.3) is 0 Å². The number of esters is 1. The van der Waals surface area contributed by atoms with E-state index in [2.05, 4.69) is 26.1 Å². The number of amides is 2. The Labute approximate surface area is 248 Å². The number of thioether (sulfide) groups is 1. The van der Waals surface area contributed by atoms with Crippen LogP contribution in [0.2, 0.25) is 0 Å². The van der Waals surface area contributed by atoms with Gasteiger partial charge in [-0.3, -0.25) is 9.59 Å². The van der Waals surface area contributed by atoms with Crippen LogP contribution in [0, 0.1) is 22.7 Å². The molecule has 0 radical (unpaired) electrons. The molecular weight excluding hydrogens is 540 g/mol. The second-order valence-electron chi connectivity index (χ2n) is 13.4. The normalized spacial score (nSPS) is 32.3. The molecule has 0 aromatic rings. The zero-order valence-electron chi connectivity index (χ0n) is 24.7. The fraction of sp³-hybridized carbons (Fsp3) is 0.719. The lowest BCUT2D eigenvalue weighted by Gasteiger charge is -2.41. The molecule has 4 aliphatic carbocycles. The van der Waals surface area contributed by atoms with Crippen molar-refractivity contribution in [1.29, 1.82) is 0 Å². The molecule has 41 heavy (non-hydrogen) atoms. The van der Waals surface area contributed by atoms with Crippen molar-refractivity contribution >= 4 is 29.5 Å². The van der Waals surface area contributed by atoms with Crippen LogP contribution >= 0.6 is 11.8 Å². The fourth-order valence-electron chi connectivity index (χ4n) is 7.86. The molecule has 5 unspecified atom stereocenters. The Morgan fingerprint density at radius 2 is 1.85 bits per heavy atom. The zero-order valence-corrected chi connectivity index (χ0v) is 25.5. The van der Waals surface area contributed by atoms with Crippen LogP contribution in [0.5, 0.6) is 0 Å². The molecule has 1 aliphatic heterocycles. The molecule has 4 fully saturated rings. The standard InChI is InChI=1S/C32H46N2O6S/c1-31(2)22-13-14-32(31,3)26(18-22)40-30(39)23-19-41-16-15-34(23)29(38)28(21-7-5-4-6-8-21)33-27(37)17-20-9-11-24(35)25(36)12-10-20/h9,11-12,21-23,26,28,35-36H,4-8,10,13-19H2,1-3H3,(H,33,37). The number of carbonyl (C=O) groups is 3. The Bertz CT molecular complexity index is 1140. The molecule has 0 aromatic heterocycles. The van der Waals surface area contributed by atoms with Crippen molar-refractivity contribution in [2.45, 2.75) is 103 Å². The van der Waals surface area contributed by atoms with Gasteiger partial charge in [0.05, 0.1) is 0 Å². The number of rotatable bonds is 7. The molecule has 1 heterocycles. The summed E-state index contributed by atoms with van der Waals surface area (Å²) in [6, 6.07) is -1.35. The highest BCUT2D eigenvalue weighted by molar-refractivity contribution is 7.99. The molecule has 3 N–H and O–H groups in total. The topological polar surface area (TPSA) is 116 Å². The van der Waals surface area contributed by atoms with Crippen LogP contribution in [0.1, 0.15) is 85.0 Å². The molecule has 226 valence electrons. The largest absolute Gasteiger partial charge is 0.504 e. The van der Waals surface area contributed by atoms with Gasteiger partial charge in [0.15, 0.2) is 11.5 Å². The van der Waals surface area contributed by atoms with Crippen LogP contribution in [0.3, 0.4) is 0 Å². The van der Waals surface area contributed by atoms with E-state index in [0.29, 0.717) is 24.6 Å². The van der Waals surface area contributed by atoms with Crippen LogP contribution in [0.4, 0.5) is 0 Å². The summed E-state index contributed by atoms with van der Waals surface area (Å²) in [5.74, 6) is 0.610. The van der Waals surface area contributed by atoms with E-state index in [0.717, 1.165) is 56.3 Å². The number of carbonyl (C=O) groups excluding carboxylic acids is 3. The monoisotopic (exact) mass is 586 g/mol. The SMILES string of the molecule is CC1(C)C2CCC1(C)C(OC(=O)C1CSCCN1C(=O)C(NC(=O)CC1=CC=C(O)C(O)=CC1)C1CCCCC1)C2. The number of hydrogen-bond donors (Lipinski definition) is 3. The Balaban J connectivity index is 1.30. The first-order chi connectivity index (χ1) is 19.5. The van der Waals surface area contributed by atoms with Gasteiger partial charge < -0.3 is 25.2 Å². The van der Waals surface area contributed by atoms with Crippen LogP contribution in [0.25, 0.3) is 0 Å². The van der Waals surface area contributed by atoms with Gasteiger partial charge in [-0.25, -0.2) is 4.79 Å². The van der Waals surface area contributed by atoms with Gasteiger partial charge in [0.1, 0.15) is 18.2 Å². The summed E-state index contributed by atoms with van der Waals surface area (Å²) < 4.78 is 6.25. The highest BCUT2D eigenvalue weighted by Crippen LogP contribution is 2.66. The number of fused-ring (bicyclic) bond motifs is 2. The minimum atomic E-state index is -0.695. The van der Waals surface area contributed by atoms with Gasteiger partial charge in [0.2, 0.25) is 11.8 Å². The molecule has 9 heteroatoms. The maximum Gasteiger partial charge on any atom is 0.330 e. The number of ether oxygens (including phenoxy) is 1. The van der Waals surface area contributed by atoms with Gasteiger partial charge in [0, 0.05) is 29.9 Å². The molecule has 5 rings (SSSR count). The molecule has 3 saturated carbocycles. The van der Waals surface area contributed by atoms with Crippen molar-refractivity contribution in [3.8, 4) is 0 Å². The van der Waals surface area contributed by atoms with Gasteiger partial charge in [-0.2, -0.15) is 11.8 Å². The maximum atomic E-state index is 14.2. The molecule has 2 bridgehead atoms. The minimum absolute atomic E-state index is 0.0210. The van der Waals surface area contributed by atoms with Crippen LogP contribution in [0.15, 0.2) is 35.3 Å². The number of aliphatic hydroxyl groups excluding tert-OH is 2. The van der Waals surface area contributed by atoms with E-state index in [9.17, 15) is 24.6 Å². The quantitative estimate of drug-likeness (QED) is 0.344. The van der Waals surface area contributed by atoms with Crippen molar-refractivity contribution in [1.82, 2.24) is 10.2 Å². The predicted molar refractivity (Wildman–Crippen MR) is 159 cm³/mol. The molecule has 0 aromatic carbocycles. The van der Waals surface area contributed by atoms with Crippen LogP contribution < -0.4 is 5.32 Å². The minimum Gasteiger partial charge on any atom is -0.504 e. The van der Waals surface area contributed by atoms with E-state index in [1.165, 1.54) is 18.6 Å². The van der Waals surface area contributed by atoms with Crippen molar-refractivity contribution in [2.24, 2.45) is 22.7 Å². The van der Waals surface area contributed by atoms with E-state index in [4.69, 9.17) is 4.74 Å². The Morgan fingerprint density at radius 1 is 1.10 bits per heavy atom. The summed E-state index contributed by atoms with van der Waals surface area (Å²) in [6.45, 7) is 7.30. The lowest BCUT2D eigenvalue weighted by atomic mass is 9.70. The summed E-state index contributed by atoms with van der Waals surface area (Å²) in [4.78, 5) is 42.8. The van der Waals surface area contributed by atoms with Crippen LogP contribution in [-0.4, -0.2) is 69.1 Å². The van der Waals surface area contributed by atoms with Crippen molar-refractivity contribution < 1.29 is 29.3 Å². The second kappa shape index (κ2) is 12.1. The van der Waals surface area contributed by atoms with E-state index < -0.39 is 12.1 Å². The summed E-state index contributed by atoms with van der Waals surface area (Å²) in [6.07, 6.45) is 12.7. The first kappa shape index (κ1) is 30.1. The number of allylic oxidation sites excluding steroid dienone is 3. The summed E-state index contributed by atoms with van der Waals surface area (Å²) in [7, 11) is 0. The lowest BCUT2D eigenvalue weighted by Crippen LogP contribution is -2.59. The molecule has 2 amide bonds. The fourth-order valence-corrected chi connectivity index (χ4v) is 8.89. The number of hydrogen-bond acceptors (Lipinski definition) is 7. The Hall–Kier alpha value is -2.42. The summed E-state index contributed by atoms with van der Waals surface area (Å²) >= 11 is 1.67. The van der Waals surface area contributed by atoms with Crippen molar-refractivity contribution in [3.05, 3.63) is 35.3 Å². The number of aliphatic hydroxyl groups is 2. The number of nitrogens with zero attached hydrogens (tertiary/aromatic N) is 1. The third-order valence-electron chi connectivity index (χ3n) is 11.0. The molecule has 0 spiro atoms. The first-order valence-electron chi connectivity index (χ1n) is 15.4. The summed E-state index contributed by atoms with van der Waals surface area (Å²) in [5.41, 5.74) is 0.805. The van der Waals surface area contributed by atoms with E-state index in [-0.39, 0.29) is 58.6 Å². The third kappa shape index (κ3) is 5.93. The Morgan fingerprint density at radius 3 is 2.54 bits per heavy atom. The first-order valence-corrected chi connectivity index (χ1v) is 16.5. The average molecular weight is 587 g/mol. The van der Waals surface area contributed by atoms with E-state index in [1.807, 2.05) is 0 Å². The van der Waals surface area contributed by atoms with Gasteiger partial charge >= 0.3 is 5.97 Å².